The number of sulfone groups is 1. The minimum absolute atomic E-state index is 0.0192. The van der Waals surface area contributed by atoms with Crippen molar-refractivity contribution < 1.29 is 8.42 Å². The van der Waals surface area contributed by atoms with Gasteiger partial charge in [-0.05, 0) is 39.8 Å². The number of nitrogens with zero attached hydrogens (tertiary/aromatic N) is 3. The molecule has 1 aliphatic heterocycles. The molecule has 2 aromatic rings. The minimum atomic E-state index is -2.91. The highest BCUT2D eigenvalue weighted by Crippen LogP contribution is 2.28. The summed E-state index contributed by atoms with van der Waals surface area (Å²) in [4.78, 5) is 2.31. The van der Waals surface area contributed by atoms with E-state index in [4.69, 9.17) is 0 Å². The Hall–Kier alpha value is -1.66. The van der Waals surface area contributed by atoms with Gasteiger partial charge in [-0.2, -0.15) is 5.10 Å². The average molecular weight is 362 g/mol. The van der Waals surface area contributed by atoms with Gasteiger partial charge in [0.15, 0.2) is 9.84 Å². The predicted octanol–water partition coefficient (Wildman–Crippen LogP) is 3.05. The number of aryl methyl sites for hydroxylation is 1. The summed E-state index contributed by atoms with van der Waals surface area (Å²) in [6.45, 7) is 7.08. The van der Waals surface area contributed by atoms with E-state index in [1.807, 2.05) is 17.7 Å². The SMILES string of the molecule is Cc1nn([C@H]2CCS(=O)(=O)C2)c(C)c1CN(C)[C@@H](C)c1ccccc1. The molecule has 0 radical (unpaired) electrons. The van der Waals surface area contributed by atoms with Crippen LogP contribution < -0.4 is 0 Å². The van der Waals surface area contributed by atoms with Gasteiger partial charge in [-0.15, -0.1) is 0 Å². The Kier molecular flexibility index (Phi) is 5.02. The van der Waals surface area contributed by atoms with Crippen LogP contribution in [-0.2, 0) is 16.4 Å². The van der Waals surface area contributed by atoms with E-state index >= 15 is 0 Å². The molecule has 3 rings (SSSR count). The van der Waals surface area contributed by atoms with Crippen LogP contribution in [0.4, 0.5) is 0 Å². The summed E-state index contributed by atoms with van der Waals surface area (Å²) < 4.78 is 25.5. The lowest BCUT2D eigenvalue weighted by molar-refractivity contribution is 0.252. The van der Waals surface area contributed by atoms with Gasteiger partial charge >= 0.3 is 0 Å². The first-order chi connectivity index (χ1) is 11.8. The molecule has 1 aromatic carbocycles. The molecule has 1 aromatic heterocycles. The molecule has 0 N–H and O–H groups in total. The second-order valence-electron chi connectivity index (χ2n) is 7.15. The van der Waals surface area contributed by atoms with Crippen molar-refractivity contribution in [1.29, 1.82) is 0 Å². The zero-order valence-electron chi connectivity index (χ0n) is 15.4. The van der Waals surface area contributed by atoms with E-state index in [0.29, 0.717) is 12.5 Å². The fraction of sp³-hybridized carbons (Fsp3) is 0.526. The van der Waals surface area contributed by atoms with Crippen LogP contribution in [0.2, 0.25) is 0 Å². The van der Waals surface area contributed by atoms with E-state index in [2.05, 4.69) is 55.2 Å². The second kappa shape index (κ2) is 6.92. The zero-order valence-corrected chi connectivity index (χ0v) is 16.3. The number of rotatable bonds is 5. The first-order valence-electron chi connectivity index (χ1n) is 8.78. The molecular formula is C19H27N3O2S. The van der Waals surface area contributed by atoms with Gasteiger partial charge in [-0.25, -0.2) is 8.42 Å². The summed E-state index contributed by atoms with van der Waals surface area (Å²) in [5, 5.41) is 4.67. The monoisotopic (exact) mass is 361 g/mol. The van der Waals surface area contributed by atoms with Crippen LogP contribution >= 0.6 is 0 Å². The molecule has 1 fully saturated rings. The molecule has 136 valence electrons. The van der Waals surface area contributed by atoms with Gasteiger partial charge in [0.05, 0.1) is 23.2 Å². The first kappa shape index (κ1) is 18.1. The number of hydrogen-bond donors (Lipinski definition) is 0. The molecule has 6 heteroatoms. The lowest BCUT2D eigenvalue weighted by Gasteiger charge is -2.25. The van der Waals surface area contributed by atoms with Gasteiger partial charge in [0.1, 0.15) is 0 Å². The van der Waals surface area contributed by atoms with E-state index in [1.54, 1.807) is 0 Å². The van der Waals surface area contributed by atoms with Gasteiger partial charge in [-0.3, -0.25) is 9.58 Å². The van der Waals surface area contributed by atoms with Gasteiger partial charge in [0.25, 0.3) is 0 Å². The predicted molar refractivity (Wildman–Crippen MR) is 100 cm³/mol. The van der Waals surface area contributed by atoms with Crippen LogP contribution in [0.25, 0.3) is 0 Å². The van der Waals surface area contributed by atoms with Crippen LogP contribution in [-0.4, -0.2) is 41.7 Å². The highest BCUT2D eigenvalue weighted by Gasteiger charge is 2.31. The van der Waals surface area contributed by atoms with E-state index in [1.165, 1.54) is 11.1 Å². The maximum atomic E-state index is 11.8. The van der Waals surface area contributed by atoms with Gasteiger partial charge in [0.2, 0.25) is 0 Å². The summed E-state index contributed by atoms with van der Waals surface area (Å²) in [7, 11) is -0.789. The first-order valence-corrected chi connectivity index (χ1v) is 10.6. The third-order valence-electron chi connectivity index (χ3n) is 5.38. The number of benzene rings is 1. The van der Waals surface area contributed by atoms with Crippen molar-refractivity contribution in [2.45, 2.75) is 45.8 Å². The summed E-state index contributed by atoms with van der Waals surface area (Å²) in [6, 6.07) is 10.7. The molecule has 2 heterocycles. The van der Waals surface area contributed by atoms with Crippen molar-refractivity contribution in [1.82, 2.24) is 14.7 Å². The van der Waals surface area contributed by atoms with Crippen LogP contribution in [0.3, 0.4) is 0 Å². The third-order valence-corrected chi connectivity index (χ3v) is 7.13. The summed E-state index contributed by atoms with van der Waals surface area (Å²) >= 11 is 0. The molecule has 25 heavy (non-hydrogen) atoms. The topological polar surface area (TPSA) is 55.2 Å². The zero-order chi connectivity index (χ0) is 18.2. The lowest BCUT2D eigenvalue weighted by Crippen LogP contribution is -2.22. The molecule has 1 saturated heterocycles. The smallest absolute Gasteiger partial charge is 0.152 e. The summed E-state index contributed by atoms with van der Waals surface area (Å²) in [5.74, 6) is 0.487. The molecular weight excluding hydrogens is 334 g/mol. The molecule has 0 bridgehead atoms. The number of hydrogen-bond acceptors (Lipinski definition) is 4. The Morgan fingerprint density at radius 3 is 2.56 bits per heavy atom. The van der Waals surface area contributed by atoms with E-state index < -0.39 is 9.84 Å². The minimum Gasteiger partial charge on any atom is -0.295 e. The largest absolute Gasteiger partial charge is 0.295 e. The van der Waals surface area contributed by atoms with Crippen molar-refractivity contribution in [3.05, 3.63) is 52.8 Å². The van der Waals surface area contributed by atoms with Crippen LogP contribution in [0.5, 0.6) is 0 Å². The van der Waals surface area contributed by atoms with E-state index in [0.717, 1.165) is 17.9 Å². The highest BCUT2D eigenvalue weighted by molar-refractivity contribution is 7.91. The highest BCUT2D eigenvalue weighted by atomic mass is 32.2. The van der Waals surface area contributed by atoms with Crippen molar-refractivity contribution in [3.63, 3.8) is 0 Å². The summed E-state index contributed by atoms with van der Waals surface area (Å²) in [6.07, 6.45) is 0.667. The Morgan fingerprint density at radius 1 is 1.28 bits per heavy atom. The molecule has 0 unspecified atom stereocenters. The lowest BCUT2D eigenvalue weighted by atomic mass is 10.1. The van der Waals surface area contributed by atoms with E-state index in [-0.39, 0.29) is 17.5 Å². The maximum absolute atomic E-state index is 11.8. The van der Waals surface area contributed by atoms with Crippen molar-refractivity contribution in [3.8, 4) is 0 Å². The fourth-order valence-electron chi connectivity index (χ4n) is 3.62. The van der Waals surface area contributed by atoms with Crippen molar-refractivity contribution in [2.24, 2.45) is 0 Å². The van der Waals surface area contributed by atoms with Gasteiger partial charge in [0, 0.05) is 23.8 Å². The molecule has 5 nitrogen and oxygen atoms in total. The van der Waals surface area contributed by atoms with Gasteiger partial charge < -0.3 is 0 Å². The van der Waals surface area contributed by atoms with Crippen LogP contribution in [0.15, 0.2) is 30.3 Å². The normalized spacial score (nSPS) is 20.9. The van der Waals surface area contributed by atoms with Crippen molar-refractivity contribution >= 4 is 9.84 Å². The van der Waals surface area contributed by atoms with E-state index in [9.17, 15) is 8.42 Å². The average Bonchev–Trinajstić information content (AvgIpc) is 3.08. The fourth-order valence-corrected chi connectivity index (χ4v) is 5.31. The molecule has 0 saturated carbocycles. The number of aromatic nitrogens is 2. The molecule has 0 spiro atoms. The molecule has 1 aliphatic rings. The van der Waals surface area contributed by atoms with Crippen LogP contribution in [0, 0.1) is 13.8 Å². The van der Waals surface area contributed by atoms with Gasteiger partial charge in [-0.1, -0.05) is 30.3 Å². The Labute approximate surface area is 150 Å². The third kappa shape index (κ3) is 3.80. The summed E-state index contributed by atoms with van der Waals surface area (Å²) in [5.41, 5.74) is 4.57. The Bertz CT molecular complexity index is 843. The van der Waals surface area contributed by atoms with Crippen LogP contribution in [0.1, 0.15) is 47.9 Å². The molecule has 2 atom stereocenters. The van der Waals surface area contributed by atoms with Crippen molar-refractivity contribution in [2.75, 3.05) is 18.6 Å². The second-order valence-corrected chi connectivity index (χ2v) is 9.38. The molecule has 0 amide bonds. The standard InChI is InChI=1S/C19H27N3O2S/c1-14-19(12-21(4)15(2)17-8-6-5-7-9-17)16(3)22(20-14)18-10-11-25(23,24)13-18/h5-9,15,18H,10-13H2,1-4H3/t15-,18-/m0/s1. The Morgan fingerprint density at radius 2 is 1.96 bits per heavy atom. The Balaban J connectivity index is 1.79. The maximum Gasteiger partial charge on any atom is 0.152 e. The molecule has 0 aliphatic carbocycles. The quantitative estimate of drug-likeness (QED) is 0.821.